The third kappa shape index (κ3) is 2.75. The molecule has 1 aliphatic carbocycles. The molecule has 0 unspecified atom stereocenters. The van der Waals surface area contributed by atoms with E-state index in [1.807, 2.05) is 18.2 Å². The van der Waals surface area contributed by atoms with Crippen molar-refractivity contribution >= 4 is 11.5 Å². The molecule has 3 heteroatoms. The third-order valence-corrected chi connectivity index (χ3v) is 3.99. The zero-order valence-corrected chi connectivity index (χ0v) is 12.5. The molecule has 3 nitrogen and oxygen atoms in total. The van der Waals surface area contributed by atoms with Crippen molar-refractivity contribution in [2.75, 3.05) is 5.32 Å². The Morgan fingerprint density at radius 1 is 1.24 bits per heavy atom. The molecule has 21 heavy (non-hydrogen) atoms. The van der Waals surface area contributed by atoms with Gasteiger partial charge in [-0.25, -0.2) is 4.98 Å². The van der Waals surface area contributed by atoms with E-state index in [0.29, 0.717) is 17.3 Å². The molecule has 0 aliphatic heterocycles. The molecule has 0 bridgehead atoms. The van der Waals surface area contributed by atoms with Gasteiger partial charge in [-0.3, -0.25) is 0 Å². The van der Waals surface area contributed by atoms with Gasteiger partial charge in [-0.05, 0) is 54.5 Å². The summed E-state index contributed by atoms with van der Waals surface area (Å²) >= 11 is 0. The van der Waals surface area contributed by atoms with Crippen LogP contribution < -0.4 is 5.32 Å². The molecule has 0 atom stereocenters. The number of aromatic nitrogens is 1. The quantitative estimate of drug-likeness (QED) is 0.909. The van der Waals surface area contributed by atoms with Crippen molar-refractivity contribution in [2.45, 2.75) is 39.0 Å². The maximum Gasteiger partial charge on any atom is 0.148 e. The first-order valence-electron chi connectivity index (χ1n) is 7.47. The molecule has 1 aliphatic rings. The van der Waals surface area contributed by atoms with Gasteiger partial charge in [-0.1, -0.05) is 26.0 Å². The van der Waals surface area contributed by atoms with Crippen LogP contribution in [0.25, 0.3) is 0 Å². The van der Waals surface area contributed by atoms with Crippen LogP contribution in [0.4, 0.5) is 11.5 Å². The number of fused-ring (bicyclic) bond motifs is 1. The third-order valence-electron chi connectivity index (χ3n) is 3.99. The lowest BCUT2D eigenvalue weighted by Crippen LogP contribution is -2.01. The fourth-order valence-electron chi connectivity index (χ4n) is 2.76. The van der Waals surface area contributed by atoms with Crippen LogP contribution in [0.5, 0.6) is 0 Å². The molecule has 1 aromatic heterocycles. The number of aryl methyl sites for hydroxylation is 2. The summed E-state index contributed by atoms with van der Waals surface area (Å²) in [5, 5.41) is 12.7. The summed E-state index contributed by atoms with van der Waals surface area (Å²) in [6.07, 6.45) is 3.20. The van der Waals surface area contributed by atoms with Crippen LogP contribution in [0.1, 0.15) is 48.6 Å². The maximum atomic E-state index is 9.34. The van der Waals surface area contributed by atoms with Crippen molar-refractivity contribution in [3.05, 3.63) is 52.7 Å². The molecule has 1 aromatic carbocycles. The van der Waals surface area contributed by atoms with Gasteiger partial charge in [0.15, 0.2) is 0 Å². The van der Waals surface area contributed by atoms with Gasteiger partial charge in [0.1, 0.15) is 11.9 Å². The van der Waals surface area contributed by atoms with Gasteiger partial charge in [0.2, 0.25) is 0 Å². The zero-order chi connectivity index (χ0) is 14.8. The lowest BCUT2D eigenvalue weighted by molar-refractivity contribution is 0.867. The van der Waals surface area contributed by atoms with E-state index in [0.717, 1.165) is 30.6 Å². The highest BCUT2D eigenvalue weighted by atomic mass is 15.0. The summed E-state index contributed by atoms with van der Waals surface area (Å²) in [4.78, 5) is 4.66. The van der Waals surface area contributed by atoms with Gasteiger partial charge < -0.3 is 5.32 Å². The van der Waals surface area contributed by atoms with Crippen molar-refractivity contribution in [3.63, 3.8) is 0 Å². The standard InChI is InChI=1S/C18H19N3/c1-12(2)13-5-3-7-16(10-13)20-18-15(11-19)9-14-6-4-8-17(14)21-18/h3,5,7,9-10,12H,4,6,8H2,1-2H3,(H,20,21). The SMILES string of the molecule is CC(C)c1cccc(Nc2nc3c(cc2C#N)CCC3)c1. The molecule has 1 N–H and O–H groups in total. The lowest BCUT2D eigenvalue weighted by Gasteiger charge is -2.12. The van der Waals surface area contributed by atoms with Crippen LogP contribution in [-0.2, 0) is 12.8 Å². The van der Waals surface area contributed by atoms with Crippen LogP contribution >= 0.6 is 0 Å². The fourth-order valence-corrected chi connectivity index (χ4v) is 2.76. The Morgan fingerprint density at radius 3 is 2.86 bits per heavy atom. The number of hydrogen-bond donors (Lipinski definition) is 1. The second-order valence-corrected chi connectivity index (χ2v) is 5.86. The van der Waals surface area contributed by atoms with E-state index in [1.165, 1.54) is 11.1 Å². The Hall–Kier alpha value is -2.34. The lowest BCUT2D eigenvalue weighted by atomic mass is 10.0. The van der Waals surface area contributed by atoms with Crippen LogP contribution in [0.2, 0.25) is 0 Å². The molecule has 0 saturated carbocycles. The van der Waals surface area contributed by atoms with Gasteiger partial charge in [-0.2, -0.15) is 5.26 Å². The molecule has 0 radical (unpaired) electrons. The topological polar surface area (TPSA) is 48.7 Å². The molecule has 106 valence electrons. The van der Waals surface area contributed by atoms with E-state index >= 15 is 0 Å². The Morgan fingerprint density at radius 2 is 2.10 bits per heavy atom. The second kappa shape index (κ2) is 5.57. The highest BCUT2D eigenvalue weighted by Crippen LogP contribution is 2.27. The number of nitrogens with one attached hydrogen (secondary N) is 1. The highest BCUT2D eigenvalue weighted by molar-refractivity contribution is 5.64. The molecule has 0 saturated heterocycles. The van der Waals surface area contributed by atoms with Gasteiger partial charge in [0.25, 0.3) is 0 Å². The average molecular weight is 277 g/mol. The van der Waals surface area contributed by atoms with Crippen molar-refractivity contribution in [1.82, 2.24) is 4.98 Å². The molecule has 3 rings (SSSR count). The molecule has 0 fully saturated rings. The van der Waals surface area contributed by atoms with Crippen molar-refractivity contribution in [2.24, 2.45) is 0 Å². The number of nitriles is 1. The summed E-state index contributed by atoms with van der Waals surface area (Å²) in [7, 11) is 0. The van der Waals surface area contributed by atoms with Crippen LogP contribution in [0, 0.1) is 11.3 Å². The van der Waals surface area contributed by atoms with Crippen LogP contribution in [-0.4, -0.2) is 4.98 Å². The first-order valence-corrected chi connectivity index (χ1v) is 7.47. The average Bonchev–Trinajstić information content (AvgIpc) is 2.93. The molecule has 1 heterocycles. The second-order valence-electron chi connectivity index (χ2n) is 5.86. The molecule has 0 amide bonds. The zero-order valence-electron chi connectivity index (χ0n) is 12.5. The first kappa shape index (κ1) is 13.6. The van der Waals surface area contributed by atoms with Gasteiger partial charge in [-0.15, -0.1) is 0 Å². The minimum atomic E-state index is 0.482. The van der Waals surface area contributed by atoms with Gasteiger partial charge in [0.05, 0.1) is 5.56 Å². The number of rotatable bonds is 3. The molecular weight excluding hydrogens is 258 g/mol. The fraction of sp³-hybridized carbons (Fsp3) is 0.333. The van der Waals surface area contributed by atoms with Gasteiger partial charge >= 0.3 is 0 Å². The number of anilines is 2. The highest BCUT2D eigenvalue weighted by Gasteiger charge is 2.16. The number of benzene rings is 1. The summed E-state index contributed by atoms with van der Waals surface area (Å²) in [6.45, 7) is 4.35. The number of hydrogen-bond acceptors (Lipinski definition) is 3. The van der Waals surface area contributed by atoms with Gasteiger partial charge in [0, 0.05) is 11.4 Å². The summed E-state index contributed by atoms with van der Waals surface area (Å²) in [6, 6.07) is 12.6. The Labute approximate surface area is 125 Å². The molecule has 2 aromatic rings. The Kier molecular flexibility index (Phi) is 3.62. The van der Waals surface area contributed by atoms with E-state index in [9.17, 15) is 5.26 Å². The normalized spacial score (nSPS) is 13.0. The molecule has 0 spiro atoms. The smallest absolute Gasteiger partial charge is 0.148 e. The monoisotopic (exact) mass is 277 g/mol. The van der Waals surface area contributed by atoms with E-state index in [4.69, 9.17) is 0 Å². The predicted molar refractivity (Wildman–Crippen MR) is 84.8 cm³/mol. The van der Waals surface area contributed by atoms with Crippen LogP contribution in [0.15, 0.2) is 30.3 Å². The Balaban J connectivity index is 1.95. The van der Waals surface area contributed by atoms with E-state index in [2.05, 4.69) is 42.4 Å². The first-order chi connectivity index (χ1) is 10.2. The molecular formula is C18H19N3. The van der Waals surface area contributed by atoms with E-state index in [-0.39, 0.29) is 0 Å². The predicted octanol–water partition coefficient (Wildman–Crippen LogP) is 4.31. The van der Waals surface area contributed by atoms with Crippen LogP contribution in [0.3, 0.4) is 0 Å². The summed E-state index contributed by atoms with van der Waals surface area (Å²) < 4.78 is 0. The van der Waals surface area contributed by atoms with E-state index in [1.54, 1.807) is 0 Å². The van der Waals surface area contributed by atoms with Crippen molar-refractivity contribution in [1.29, 1.82) is 5.26 Å². The Bertz CT molecular complexity index is 711. The summed E-state index contributed by atoms with van der Waals surface area (Å²) in [5.41, 5.74) is 5.26. The summed E-state index contributed by atoms with van der Waals surface area (Å²) in [5.74, 6) is 1.16. The van der Waals surface area contributed by atoms with Crippen molar-refractivity contribution < 1.29 is 0 Å². The largest absolute Gasteiger partial charge is 0.339 e. The minimum absolute atomic E-state index is 0.482. The maximum absolute atomic E-state index is 9.34. The number of pyridine rings is 1. The minimum Gasteiger partial charge on any atom is -0.339 e. The number of nitrogens with zero attached hydrogens (tertiary/aromatic N) is 2. The van der Waals surface area contributed by atoms with E-state index < -0.39 is 0 Å². The van der Waals surface area contributed by atoms with Crippen molar-refractivity contribution in [3.8, 4) is 6.07 Å².